The van der Waals surface area contributed by atoms with Crippen molar-refractivity contribution in [2.75, 3.05) is 13.6 Å². The van der Waals surface area contributed by atoms with Gasteiger partial charge in [-0.25, -0.2) is 0 Å². The molecule has 17 heavy (non-hydrogen) atoms. The molecular weight excluding hydrogens is 208 g/mol. The summed E-state index contributed by atoms with van der Waals surface area (Å²) in [5.74, 6) is 0.821. The van der Waals surface area contributed by atoms with E-state index in [2.05, 4.69) is 43.1 Å². The summed E-state index contributed by atoms with van der Waals surface area (Å²) < 4.78 is 0. The number of benzene rings is 1. The Morgan fingerprint density at radius 1 is 1.35 bits per heavy atom. The van der Waals surface area contributed by atoms with E-state index >= 15 is 0 Å². The number of nitrogens with two attached hydrogens (primary N) is 1. The van der Waals surface area contributed by atoms with E-state index in [1.54, 1.807) is 0 Å². The summed E-state index contributed by atoms with van der Waals surface area (Å²) in [7, 11) is 2.19. The third-order valence-corrected chi connectivity index (χ3v) is 3.77. The molecular formula is C15H24N2. The minimum absolute atomic E-state index is 0.425. The van der Waals surface area contributed by atoms with Gasteiger partial charge in [0.2, 0.25) is 0 Å². The summed E-state index contributed by atoms with van der Waals surface area (Å²) in [5.41, 5.74) is 8.93. The highest BCUT2D eigenvalue weighted by atomic mass is 15.1. The Bertz CT molecular complexity index is 358. The molecule has 0 aliphatic heterocycles. The smallest absolute Gasteiger partial charge is 0.0233 e. The topological polar surface area (TPSA) is 29.3 Å². The number of hydrogen-bond acceptors (Lipinski definition) is 2. The first-order chi connectivity index (χ1) is 8.16. The zero-order valence-corrected chi connectivity index (χ0v) is 11.0. The van der Waals surface area contributed by atoms with E-state index in [1.165, 1.54) is 24.0 Å². The Hall–Kier alpha value is -0.860. The number of rotatable bonds is 6. The number of nitrogens with zero attached hydrogens (tertiary/aromatic N) is 1. The van der Waals surface area contributed by atoms with E-state index in [0.29, 0.717) is 6.04 Å². The first-order valence-corrected chi connectivity index (χ1v) is 6.65. The molecule has 1 aliphatic rings. The molecule has 1 atom stereocenters. The van der Waals surface area contributed by atoms with Gasteiger partial charge < -0.3 is 10.6 Å². The average molecular weight is 232 g/mol. The second kappa shape index (κ2) is 5.65. The van der Waals surface area contributed by atoms with Gasteiger partial charge in [0.25, 0.3) is 0 Å². The van der Waals surface area contributed by atoms with Crippen molar-refractivity contribution < 1.29 is 0 Å². The van der Waals surface area contributed by atoms with Gasteiger partial charge in [-0.2, -0.15) is 0 Å². The minimum atomic E-state index is 0.425. The Morgan fingerprint density at radius 3 is 2.71 bits per heavy atom. The molecule has 1 saturated carbocycles. The first-order valence-electron chi connectivity index (χ1n) is 6.65. The Labute approximate surface area is 105 Å². The third-order valence-electron chi connectivity index (χ3n) is 3.77. The Morgan fingerprint density at radius 2 is 2.06 bits per heavy atom. The van der Waals surface area contributed by atoms with E-state index in [-0.39, 0.29) is 0 Å². The monoisotopic (exact) mass is 232 g/mol. The Balaban J connectivity index is 1.76. The maximum atomic E-state index is 6.12. The summed E-state index contributed by atoms with van der Waals surface area (Å²) in [4.78, 5) is 2.38. The van der Waals surface area contributed by atoms with Gasteiger partial charge in [-0.1, -0.05) is 24.3 Å². The molecule has 1 aliphatic carbocycles. The molecule has 0 radical (unpaired) electrons. The second-order valence-corrected chi connectivity index (χ2v) is 5.45. The molecule has 1 unspecified atom stereocenters. The van der Waals surface area contributed by atoms with Crippen LogP contribution in [0.5, 0.6) is 0 Å². The fraction of sp³-hybridized carbons (Fsp3) is 0.600. The SMILES string of the molecule is Cc1ccccc1CN(C)CCC(N)C1CC1. The predicted octanol–water partition coefficient (Wildman–Crippen LogP) is 2.55. The van der Waals surface area contributed by atoms with E-state index in [4.69, 9.17) is 5.73 Å². The first kappa shape index (κ1) is 12.6. The van der Waals surface area contributed by atoms with Gasteiger partial charge in [0, 0.05) is 12.6 Å². The molecule has 1 aromatic rings. The van der Waals surface area contributed by atoms with Crippen molar-refractivity contribution in [1.29, 1.82) is 0 Å². The molecule has 1 fully saturated rings. The third kappa shape index (κ3) is 3.83. The van der Waals surface area contributed by atoms with E-state index in [0.717, 1.165) is 25.4 Å². The summed E-state index contributed by atoms with van der Waals surface area (Å²) in [6.45, 7) is 4.31. The van der Waals surface area contributed by atoms with Gasteiger partial charge in [-0.05, 0) is 56.8 Å². The van der Waals surface area contributed by atoms with Crippen LogP contribution in [0.4, 0.5) is 0 Å². The average Bonchev–Trinajstić information content (AvgIpc) is 3.13. The molecule has 0 amide bonds. The lowest BCUT2D eigenvalue weighted by Crippen LogP contribution is -2.29. The van der Waals surface area contributed by atoms with Gasteiger partial charge in [-0.3, -0.25) is 0 Å². The lowest BCUT2D eigenvalue weighted by atomic mass is 10.1. The quantitative estimate of drug-likeness (QED) is 0.816. The summed E-state index contributed by atoms with van der Waals surface area (Å²) in [6.07, 6.45) is 3.83. The van der Waals surface area contributed by atoms with Crippen LogP contribution < -0.4 is 5.73 Å². The molecule has 0 bridgehead atoms. The van der Waals surface area contributed by atoms with Crippen molar-refractivity contribution in [3.05, 3.63) is 35.4 Å². The molecule has 2 heteroatoms. The number of hydrogen-bond donors (Lipinski definition) is 1. The van der Waals surface area contributed by atoms with Gasteiger partial charge in [-0.15, -0.1) is 0 Å². The molecule has 0 spiro atoms. The lowest BCUT2D eigenvalue weighted by Gasteiger charge is -2.20. The minimum Gasteiger partial charge on any atom is -0.327 e. The zero-order valence-electron chi connectivity index (χ0n) is 11.0. The van der Waals surface area contributed by atoms with Crippen molar-refractivity contribution in [3.8, 4) is 0 Å². The van der Waals surface area contributed by atoms with Crippen LogP contribution in [0.15, 0.2) is 24.3 Å². The molecule has 0 heterocycles. The molecule has 2 rings (SSSR count). The maximum absolute atomic E-state index is 6.12. The molecule has 2 N–H and O–H groups in total. The summed E-state index contributed by atoms with van der Waals surface area (Å²) in [6, 6.07) is 9.04. The van der Waals surface area contributed by atoms with Crippen molar-refractivity contribution in [3.63, 3.8) is 0 Å². The van der Waals surface area contributed by atoms with E-state index in [9.17, 15) is 0 Å². The zero-order chi connectivity index (χ0) is 12.3. The van der Waals surface area contributed by atoms with Crippen LogP contribution in [-0.4, -0.2) is 24.5 Å². The standard InChI is InChI=1S/C15H24N2/c1-12-5-3-4-6-14(12)11-17(2)10-9-15(16)13-7-8-13/h3-6,13,15H,7-11,16H2,1-2H3. The highest BCUT2D eigenvalue weighted by Gasteiger charge is 2.28. The van der Waals surface area contributed by atoms with E-state index in [1.807, 2.05) is 0 Å². The Kier molecular flexibility index (Phi) is 4.19. The lowest BCUT2D eigenvalue weighted by molar-refractivity contribution is 0.304. The highest BCUT2D eigenvalue weighted by Crippen LogP contribution is 2.32. The van der Waals surface area contributed by atoms with Gasteiger partial charge in [0.05, 0.1) is 0 Å². The van der Waals surface area contributed by atoms with Gasteiger partial charge >= 0.3 is 0 Å². The van der Waals surface area contributed by atoms with Crippen LogP contribution in [-0.2, 0) is 6.54 Å². The van der Waals surface area contributed by atoms with E-state index < -0.39 is 0 Å². The normalized spacial score (nSPS) is 17.4. The maximum Gasteiger partial charge on any atom is 0.0233 e. The number of aryl methyl sites for hydroxylation is 1. The van der Waals surface area contributed by atoms with Crippen LogP contribution in [0.25, 0.3) is 0 Å². The van der Waals surface area contributed by atoms with Crippen molar-refractivity contribution in [2.24, 2.45) is 11.7 Å². The van der Waals surface area contributed by atoms with Crippen LogP contribution >= 0.6 is 0 Å². The predicted molar refractivity (Wildman–Crippen MR) is 72.8 cm³/mol. The second-order valence-electron chi connectivity index (χ2n) is 5.45. The molecule has 94 valence electrons. The van der Waals surface area contributed by atoms with Crippen molar-refractivity contribution in [2.45, 2.75) is 38.8 Å². The van der Waals surface area contributed by atoms with Gasteiger partial charge in [0.15, 0.2) is 0 Å². The summed E-state index contributed by atoms with van der Waals surface area (Å²) in [5, 5.41) is 0. The van der Waals surface area contributed by atoms with Crippen LogP contribution in [0.1, 0.15) is 30.4 Å². The fourth-order valence-electron chi connectivity index (χ4n) is 2.29. The van der Waals surface area contributed by atoms with Crippen LogP contribution in [0.2, 0.25) is 0 Å². The molecule has 0 saturated heterocycles. The van der Waals surface area contributed by atoms with Gasteiger partial charge in [0.1, 0.15) is 0 Å². The highest BCUT2D eigenvalue weighted by molar-refractivity contribution is 5.25. The molecule has 1 aromatic carbocycles. The summed E-state index contributed by atoms with van der Waals surface area (Å²) >= 11 is 0. The van der Waals surface area contributed by atoms with Crippen LogP contribution in [0, 0.1) is 12.8 Å². The largest absolute Gasteiger partial charge is 0.327 e. The van der Waals surface area contributed by atoms with Crippen LogP contribution in [0.3, 0.4) is 0 Å². The van der Waals surface area contributed by atoms with Crippen molar-refractivity contribution >= 4 is 0 Å². The molecule has 2 nitrogen and oxygen atoms in total. The fourth-order valence-corrected chi connectivity index (χ4v) is 2.29. The molecule has 0 aromatic heterocycles. The van der Waals surface area contributed by atoms with Crippen molar-refractivity contribution in [1.82, 2.24) is 4.90 Å².